The highest BCUT2D eigenvalue weighted by molar-refractivity contribution is 6.07. The Morgan fingerprint density at radius 1 is 1.23 bits per heavy atom. The van der Waals surface area contributed by atoms with Crippen LogP contribution in [0.25, 0.3) is 0 Å². The van der Waals surface area contributed by atoms with Crippen molar-refractivity contribution < 1.29 is 9.59 Å². The van der Waals surface area contributed by atoms with Crippen LogP contribution in [0, 0.1) is 5.92 Å². The van der Waals surface area contributed by atoms with E-state index in [-0.39, 0.29) is 11.9 Å². The summed E-state index contributed by atoms with van der Waals surface area (Å²) in [6.45, 7) is 2.23. The Labute approximate surface area is 129 Å². The van der Waals surface area contributed by atoms with Crippen molar-refractivity contribution in [3.63, 3.8) is 0 Å². The summed E-state index contributed by atoms with van der Waals surface area (Å²) < 4.78 is 0. The molecule has 2 saturated carbocycles. The van der Waals surface area contributed by atoms with Gasteiger partial charge in [0.15, 0.2) is 0 Å². The molecule has 1 saturated heterocycles. The van der Waals surface area contributed by atoms with Crippen LogP contribution in [-0.2, 0) is 11.2 Å². The van der Waals surface area contributed by atoms with Gasteiger partial charge in [0.05, 0.1) is 0 Å². The maximum atomic E-state index is 12.5. The molecule has 2 aliphatic carbocycles. The molecule has 0 bridgehead atoms. The van der Waals surface area contributed by atoms with Gasteiger partial charge in [-0.15, -0.1) is 0 Å². The fourth-order valence-electron chi connectivity index (χ4n) is 3.14. The molecule has 3 amide bonds. The Balaban J connectivity index is 1.40. The van der Waals surface area contributed by atoms with E-state index < -0.39 is 5.54 Å². The van der Waals surface area contributed by atoms with E-state index in [1.807, 2.05) is 19.3 Å². The van der Waals surface area contributed by atoms with Crippen LogP contribution in [0.4, 0.5) is 4.79 Å². The van der Waals surface area contributed by atoms with E-state index in [1.165, 1.54) is 17.7 Å². The third-order valence-electron chi connectivity index (χ3n) is 4.99. The SMILES string of the molecule is C[C@@]1(C2CC2)NC(=O)N(CCc2cnc(C3CC3)nc2)C1=O. The van der Waals surface area contributed by atoms with Gasteiger partial charge >= 0.3 is 6.03 Å². The molecule has 0 radical (unpaired) electrons. The minimum atomic E-state index is -0.691. The molecule has 1 aromatic heterocycles. The van der Waals surface area contributed by atoms with Crippen molar-refractivity contribution in [2.45, 2.75) is 50.5 Å². The Bertz CT molecular complexity index is 622. The van der Waals surface area contributed by atoms with Gasteiger partial charge in [0.1, 0.15) is 11.4 Å². The molecule has 1 aromatic rings. The summed E-state index contributed by atoms with van der Waals surface area (Å²) >= 11 is 0. The van der Waals surface area contributed by atoms with Crippen molar-refractivity contribution in [2.75, 3.05) is 6.54 Å². The zero-order valence-electron chi connectivity index (χ0n) is 12.7. The molecule has 116 valence electrons. The fourth-order valence-corrected chi connectivity index (χ4v) is 3.14. The van der Waals surface area contributed by atoms with Gasteiger partial charge in [-0.3, -0.25) is 9.69 Å². The van der Waals surface area contributed by atoms with Crippen LogP contribution in [0.1, 0.15) is 49.9 Å². The summed E-state index contributed by atoms with van der Waals surface area (Å²) in [6.07, 6.45) is 8.64. The maximum absolute atomic E-state index is 12.5. The second-order valence-electron chi connectivity index (χ2n) is 6.84. The number of nitrogens with zero attached hydrogens (tertiary/aromatic N) is 3. The minimum absolute atomic E-state index is 0.0875. The Kier molecular flexibility index (Phi) is 2.96. The van der Waals surface area contributed by atoms with Gasteiger partial charge in [0.25, 0.3) is 5.91 Å². The second kappa shape index (κ2) is 4.76. The molecule has 6 heteroatoms. The molecular weight excluding hydrogens is 280 g/mol. The van der Waals surface area contributed by atoms with Crippen LogP contribution in [0.15, 0.2) is 12.4 Å². The quantitative estimate of drug-likeness (QED) is 0.838. The van der Waals surface area contributed by atoms with Crippen molar-refractivity contribution in [2.24, 2.45) is 5.92 Å². The van der Waals surface area contributed by atoms with Gasteiger partial charge in [-0.1, -0.05) is 0 Å². The normalized spacial score (nSPS) is 28.1. The molecule has 0 aromatic carbocycles. The third-order valence-corrected chi connectivity index (χ3v) is 4.99. The zero-order valence-corrected chi connectivity index (χ0v) is 12.7. The third kappa shape index (κ3) is 2.26. The number of carbonyl (C=O) groups is 2. The van der Waals surface area contributed by atoms with Crippen molar-refractivity contribution in [1.29, 1.82) is 0 Å². The zero-order chi connectivity index (χ0) is 15.3. The molecule has 22 heavy (non-hydrogen) atoms. The van der Waals surface area contributed by atoms with E-state index in [0.717, 1.165) is 24.2 Å². The molecule has 0 unspecified atom stereocenters. The predicted octanol–water partition coefficient (Wildman–Crippen LogP) is 1.62. The molecule has 1 N–H and O–H groups in total. The number of carbonyl (C=O) groups excluding carboxylic acids is 2. The molecule has 1 atom stereocenters. The molecule has 1 aliphatic heterocycles. The molecule has 6 nitrogen and oxygen atoms in total. The van der Waals surface area contributed by atoms with Crippen LogP contribution in [0.3, 0.4) is 0 Å². The first-order valence-corrected chi connectivity index (χ1v) is 8.03. The lowest BCUT2D eigenvalue weighted by Gasteiger charge is -2.20. The van der Waals surface area contributed by atoms with Crippen LogP contribution >= 0.6 is 0 Å². The van der Waals surface area contributed by atoms with E-state index in [2.05, 4.69) is 15.3 Å². The summed E-state index contributed by atoms with van der Waals surface area (Å²) in [5.41, 5.74) is 0.272. The van der Waals surface area contributed by atoms with E-state index in [9.17, 15) is 9.59 Å². The number of imide groups is 1. The van der Waals surface area contributed by atoms with E-state index in [0.29, 0.717) is 24.8 Å². The van der Waals surface area contributed by atoms with E-state index in [4.69, 9.17) is 0 Å². The summed E-state index contributed by atoms with van der Waals surface area (Å²) in [6, 6.07) is -0.269. The average molecular weight is 300 g/mol. The van der Waals surface area contributed by atoms with Crippen molar-refractivity contribution >= 4 is 11.9 Å². The van der Waals surface area contributed by atoms with Gasteiger partial charge in [-0.05, 0) is 50.5 Å². The molecule has 4 rings (SSSR count). The molecule has 0 spiro atoms. The maximum Gasteiger partial charge on any atom is 0.325 e. The smallest absolute Gasteiger partial charge is 0.323 e. The molecule has 3 fully saturated rings. The molecular formula is C16H20N4O2. The van der Waals surface area contributed by atoms with Gasteiger partial charge in [-0.25, -0.2) is 14.8 Å². The lowest BCUT2D eigenvalue weighted by atomic mass is 9.96. The first kappa shape index (κ1) is 13.7. The Morgan fingerprint density at radius 2 is 1.91 bits per heavy atom. The monoisotopic (exact) mass is 300 g/mol. The Morgan fingerprint density at radius 3 is 2.50 bits per heavy atom. The summed E-state index contributed by atoms with van der Waals surface area (Å²) in [7, 11) is 0. The van der Waals surface area contributed by atoms with Gasteiger partial charge < -0.3 is 5.32 Å². The lowest BCUT2D eigenvalue weighted by Crippen LogP contribution is -2.46. The van der Waals surface area contributed by atoms with E-state index in [1.54, 1.807) is 0 Å². The van der Waals surface area contributed by atoms with Gasteiger partial charge in [0, 0.05) is 24.9 Å². The first-order valence-electron chi connectivity index (χ1n) is 8.03. The van der Waals surface area contributed by atoms with Crippen molar-refractivity contribution in [1.82, 2.24) is 20.2 Å². The van der Waals surface area contributed by atoms with Crippen LogP contribution in [0.5, 0.6) is 0 Å². The predicted molar refractivity (Wildman–Crippen MR) is 79.1 cm³/mol. The van der Waals surface area contributed by atoms with Crippen molar-refractivity contribution in [3.05, 3.63) is 23.8 Å². The van der Waals surface area contributed by atoms with Gasteiger partial charge in [0.2, 0.25) is 0 Å². The van der Waals surface area contributed by atoms with Crippen LogP contribution in [-0.4, -0.2) is 38.9 Å². The lowest BCUT2D eigenvalue weighted by molar-refractivity contribution is -0.131. The number of hydrogen-bond acceptors (Lipinski definition) is 4. The van der Waals surface area contributed by atoms with Gasteiger partial charge in [-0.2, -0.15) is 0 Å². The number of rotatable bonds is 5. The number of hydrogen-bond donors (Lipinski definition) is 1. The summed E-state index contributed by atoms with van der Waals surface area (Å²) in [5, 5.41) is 2.87. The Hall–Kier alpha value is -1.98. The molecule has 2 heterocycles. The highest BCUT2D eigenvalue weighted by Gasteiger charge is 2.55. The highest BCUT2D eigenvalue weighted by atomic mass is 16.2. The number of aromatic nitrogens is 2. The second-order valence-corrected chi connectivity index (χ2v) is 6.84. The summed E-state index contributed by atoms with van der Waals surface area (Å²) in [4.78, 5) is 34.7. The standard InChI is InChI=1S/C16H20N4O2/c1-16(12-4-5-12)14(21)20(15(22)19-16)7-6-10-8-17-13(18-9-10)11-2-3-11/h8-9,11-12H,2-7H2,1H3,(H,19,22)/t16-/m0/s1. The average Bonchev–Trinajstić information content (AvgIpc) is 3.40. The van der Waals surface area contributed by atoms with Crippen LogP contribution in [0.2, 0.25) is 0 Å². The number of urea groups is 1. The highest BCUT2D eigenvalue weighted by Crippen LogP contribution is 2.42. The van der Waals surface area contributed by atoms with Crippen LogP contribution < -0.4 is 5.32 Å². The number of amides is 3. The topological polar surface area (TPSA) is 75.2 Å². The fraction of sp³-hybridized carbons (Fsp3) is 0.625. The van der Waals surface area contributed by atoms with Crippen molar-refractivity contribution in [3.8, 4) is 0 Å². The largest absolute Gasteiger partial charge is 0.325 e. The number of nitrogens with one attached hydrogen (secondary N) is 1. The first-order chi connectivity index (χ1) is 10.6. The van der Waals surface area contributed by atoms with E-state index >= 15 is 0 Å². The minimum Gasteiger partial charge on any atom is -0.323 e. The summed E-state index contributed by atoms with van der Waals surface area (Å²) in [5.74, 6) is 1.67. The molecule has 3 aliphatic rings.